The second kappa shape index (κ2) is 8.85. The zero-order valence-electron chi connectivity index (χ0n) is 13.4. The average Bonchev–Trinajstić information content (AvgIpc) is 2.62. The Hall–Kier alpha value is -2.85. The molecule has 2 aromatic carbocycles. The predicted molar refractivity (Wildman–Crippen MR) is 95.0 cm³/mol. The number of nitriles is 1. The zero-order valence-corrected chi connectivity index (χ0v) is 14.9. The molecule has 0 spiro atoms. The Labute approximate surface area is 153 Å². The molecule has 6 nitrogen and oxygen atoms in total. The van der Waals surface area contributed by atoms with E-state index in [0.29, 0.717) is 17.0 Å². The van der Waals surface area contributed by atoms with E-state index in [0.717, 1.165) is 4.47 Å². The molecule has 0 bridgehead atoms. The number of carbonyl (C=O) groups excluding carboxylic acids is 2. The van der Waals surface area contributed by atoms with Crippen molar-refractivity contribution in [1.29, 1.82) is 5.26 Å². The van der Waals surface area contributed by atoms with E-state index in [1.165, 1.54) is 6.92 Å². The quantitative estimate of drug-likeness (QED) is 0.748. The number of rotatable bonds is 6. The van der Waals surface area contributed by atoms with Crippen molar-refractivity contribution < 1.29 is 19.1 Å². The summed E-state index contributed by atoms with van der Waals surface area (Å²) in [6.07, 6.45) is -0.881. The van der Waals surface area contributed by atoms with Crippen LogP contribution in [0.25, 0.3) is 0 Å². The number of anilines is 1. The molecule has 0 heterocycles. The maximum absolute atomic E-state index is 11.9. The molecule has 2 rings (SSSR count). The van der Waals surface area contributed by atoms with E-state index >= 15 is 0 Å². The van der Waals surface area contributed by atoms with Gasteiger partial charge in [0.05, 0.1) is 11.6 Å². The summed E-state index contributed by atoms with van der Waals surface area (Å²) in [6.45, 7) is 1.11. The number of hydrogen-bond donors (Lipinski definition) is 1. The van der Waals surface area contributed by atoms with Crippen molar-refractivity contribution in [2.75, 3.05) is 11.9 Å². The molecule has 0 aliphatic heterocycles. The van der Waals surface area contributed by atoms with E-state index < -0.39 is 24.6 Å². The number of benzene rings is 2. The van der Waals surface area contributed by atoms with Crippen molar-refractivity contribution in [2.45, 2.75) is 13.0 Å². The predicted octanol–water partition coefficient (Wildman–Crippen LogP) is 3.27. The minimum atomic E-state index is -0.881. The van der Waals surface area contributed by atoms with E-state index in [1.54, 1.807) is 48.5 Å². The fourth-order valence-electron chi connectivity index (χ4n) is 1.84. The molecule has 7 heteroatoms. The van der Waals surface area contributed by atoms with Crippen LogP contribution in [-0.4, -0.2) is 24.6 Å². The maximum atomic E-state index is 11.9. The van der Waals surface area contributed by atoms with Crippen LogP contribution in [0, 0.1) is 11.3 Å². The highest BCUT2D eigenvalue weighted by Gasteiger charge is 2.18. The summed E-state index contributed by atoms with van der Waals surface area (Å²) in [5.41, 5.74) is 1.10. The molecule has 1 N–H and O–H groups in total. The van der Waals surface area contributed by atoms with Gasteiger partial charge in [0.1, 0.15) is 5.75 Å². The van der Waals surface area contributed by atoms with Gasteiger partial charge >= 0.3 is 5.97 Å². The van der Waals surface area contributed by atoms with Crippen LogP contribution in [0.5, 0.6) is 5.75 Å². The lowest BCUT2D eigenvalue weighted by Gasteiger charge is -2.14. The molecule has 2 aromatic rings. The normalized spacial score (nSPS) is 11.1. The van der Waals surface area contributed by atoms with Gasteiger partial charge in [-0.05, 0) is 55.5 Å². The third-order valence-electron chi connectivity index (χ3n) is 3.10. The Morgan fingerprint density at radius 2 is 1.80 bits per heavy atom. The van der Waals surface area contributed by atoms with Gasteiger partial charge in [-0.25, -0.2) is 4.79 Å². The molecule has 0 unspecified atom stereocenters. The van der Waals surface area contributed by atoms with E-state index in [1.807, 2.05) is 6.07 Å². The summed E-state index contributed by atoms with van der Waals surface area (Å²) >= 11 is 3.30. The second-order valence-corrected chi connectivity index (χ2v) is 5.97. The van der Waals surface area contributed by atoms with Crippen LogP contribution in [-0.2, 0) is 14.3 Å². The van der Waals surface area contributed by atoms with Gasteiger partial charge in [0.2, 0.25) is 0 Å². The first-order chi connectivity index (χ1) is 12.0. The summed E-state index contributed by atoms with van der Waals surface area (Å²) in [5.74, 6) is -0.667. The minimum Gasteiger partial charge on any atom is -0.479 e. The Bertz CT molecular complexity index is 782. The molecule has 0 saturated heterocycles. The molecular weight excluding hydrogens is 388 g/mol. The molecule has 0 saturated carbocycles. The highest BCUT2D eigenvalue weighted by atomic mass is 79.9. The number of ether oxygens (including phenoxy) is 2. The summed E-state index contributed by atoms with van der Waals surface area (Å²) in [6, 6.07) is 15.3. The third-order valence-corrected chi connectivity index (χ3v) is 3.63. The first-order valence-corrected chi connectivity index (χ1v) is 8.16. The van der Waals surface area contributed by atoms with E-state index in [-0.39, 0.29) is 0 Å². The van der Waals surface area contributed by atoms with Crippen molar-refractivity contribution in [3.05, 3.63) is 58.6 Å². The number of nitrogens with zero attached hydrogens (tertiary/aromatic N) is 1. The Morgan fingerprint density at radius 3 is 2.40 bits per heavy atom. The highest BCUT2D eigenvalue weighted by Crippen LogP contribution is 2.15. The SMILES string of the molecule is C[C@H](Oc1ccc(C#N)cc1)C(=O)OCC(=O)Nc1ccc(Br)cc1. The van der Waals surface area contributed by atoms with Crippen LogP contribution in [0.1, 0.15) is 12.5 Å². The van der Waals surface area contributed by atoms with Gasteiger partial charge in [0.15, 0.2) is 12.7 Å². The maximum Gasteiger partial charge on any atom is 0.347 e. The van der Waals surface area contributed by atoms with Gasteiger partial charge in [-0.2, -0.15) is 5.26 Å². The van der Waals surface area contributed by atoms with E-state index in [9.17, 15) is 9.59 Å². The third kappa shape index (κ3) is 5.94. The summed E-state index contributed by atoms with van der Waals surface area (Å²) < 4.78 is 11.3. The molecule has 0 aliphatic carbocycles. The molecule has 1 atom stereocenters. The molecule has 0 fully saturated rings. The monoisotopic (exact) mass is 402 g/mol. The van der Waals surface area contributed by atoms with Crippen molar-refractivity contribution >= 4 is 33.5 Å². The first kappa shape index (κ1) is 18.5. The molecule has 1 amide bonds. The number of nitrogens with one attached hydrogen (secondary N) is 1. The topological polar surface area (TPSA) is 88.4 Å². The molecular formula is C18H15BrN2O4. The van der Waals surface area contributed by atoms with Crippen LogP contribution in [0.3, 0.4) is 0 Å². The van der Waals surface area contributed by atoms with E-state index in [2.05, 4.69) is 21.2 Å². The number of halogens is 1. The second-order valence-electron chi connectivity index (χ2n) is 5.06. The minimum absolute atomic E-state index is 0.407. The molecule has 25 heavy (non-hydrogen) atoms. The smallest absolute Gasteiger partial charge is 0.347 e. The van der Waals surface area contributed by atoms with Crippen molar-refractivity contribution in [3.63, 3.8) is 0 Å². The lowest BCUT2D eigenvalue weighted by molar-refractivity contribution is -0.153. The van der Waals surface area contributed by atoms with Crippen molar-refractivity contribution in [1.82, 2.24) is 0 Å². The van der Waals surface area contributed by atoms with Gasteiger partial charge in [-0.1, -0.05) is 15.9 Å². The lowest BCUT2D eigenvalue weighted by Crippen LogP contribution is -2.29. The summed E-state index contributed by atoms with van der Waals surface area (Å²) in [5, 5.41) is 11.4. The van der Waals surface area contributed by atoms with Gasteiger partial charge < -0.3 is 14.8 Å². The zero-order chi connectivity index (χ0) is 18.2. The van der Waals surface area contributed by atoms with Gasteiger partial charge in [0, 0.05) is 10.2 Å². The van der Waals surface area contributed by atoms with Gasteiger partial charge in [0.25, 0.3) is 5.91 Å². The van der Waals surface area contributed by atoms with Gasteiger partial charge in [-0.15, -0.1) is 0 Å². The Morgan fingerprint density at radius 1 is 1.16 bits per heavy atom. The number of esters is 1. The summed E-state index contributed by atoms with van der Waals surface area (Å²) in [7, 11) is 0. The van der Waals surface area contributed by atoms with Crippen LogP contribution < -0.4 is 10.1 Å². The number of carbonyl (C=O) groups is 2. The molecule has 0 aromatic heterocycles. The van der Waals surface area contributed by atoms with Crippen molar-refractivity contribution in [2.24, 2.45) is 0 Å². The fraction of sp³-hybridized carbons (Fsp3) is 0.167. The van der Waals surface area contributed by atoms with E-state index in [4.69, 9.17) is 14.7 Å². The number of hydrogen-bond acceptors (Lipinski definition) is 5. The van der Waals surface area contributed by atoms with Crippen molar-refractivity contribution in [3.8, 4) is 11.8 Å². The van der Waals surface area contributed by atoms with Gasteiger partial charge in [-0.3, -0.25) is 4.79 Å². The summed E-state index contributed by atoms with van der Waals surface area (Å²) in [4.78, 5) is 23.7. The Balaban J connectivity index is 1.79. The Kier molecular flexibility index (Phi) is 6.54. The first-order valence-electron chi connectivity index (χ1n) is 7.37. The van der Waals surface area contributed by atoms with Crippen LogP contribution in [0.15, 0.2) is 53.0 Å². The fourth-order valence-corrected chi connectivity index (χ4v) is 2.11. The lowest BCUT2D eigenvalue weighted by atomic mass is 10.2. The van der Waals surface area contributed by atoms with Crippen LogP contribution in [0.4, 0.5) is 5.69 Å². The molecule has 0 aliphatic rings. The highest BCUT2D eigenvalue weighted by molar-refractivity contribution is 9.10. The van der Waals surface area contributed by atoms with Crippen LogP contribution >= 0.6 is 15.9 Å². The molecule has 128 valence electrons. The standard InChI is InChI=1S/C18H15BrN2O4/c1-12(25-16-8-2-13(10-20)3-9-16)18(23)24-11-17(22)21-15-6-4-14(19)5-7-15/h2-9,12H,11H2,1H3,(H,21,22)/t12-/m0/s1. The largest absolute Gasteiger partial charge is 0.479 e. The average molecular weight is 403 g/mol. The molecule has 0 radical (unpaired) electrons. The number of amides is 1. The van der Waals surface area contributed by atoms with Crippen LogP contribution in [0.2, 0.25) is 0 Å².